The highest BCUT2D eigenvalue weighted by molar-refractivity contribution is 7.84. The Labute approximate surface area is 81.6 Å². The minimum absolute atomic E-state index is 0.00222. The van der Waals surface area contributed by atoms with Crippen LogP contribution in [-0.4, -0.2) is 15.7 Å². The molecule has 2 nitrogen and oxygen atoms in total. The van der Waals surface area contributed by atoms with Crippen LogP contribution in [0.4, 0.5) is 0 Å². The minimum Gasteiger partial charge on any atom is -0.323 e. The molecule has 0 bridgehead atoms. The lowest BCUT2D eigenvalue weighted by molar-refractivity contribution is 0.647. The van der Waals surface area contributed by atoms with Gasteiger partial charge < -0.3 is 5.73 Å². The molecule has 0 heterocycles. The Morgan fingerprint density at radius 3 is 2.31 bits per heavy atom. The van der Waals surface area contributed by atoms with E-state index in [0.717, 1.165) is 5.56 Å². The zero-order valence-corrected chi connectivity index (χ0v) is 8.75. The molecule has 1 rings (SSSR count). The van der Waals surface area contributed by atoms with Gasteiger partial charge in [0.05, 0.1) is 5.25 Å². The van der Waals surface area contributed by atoms with E-state index in [4.69, 9.17) is 5.73 Å². The van der Waals surface area contributed by atoms with Crippen molar-refractivity contribution in [3.05, 3.63) is 35.9 Å². The lowest BCUT2D eigenvalue weighted by Gasteiger charge is -2.17. The van der Waals surface area contributed by atoms with Crippen LogP contribution >= 0.6 is 0 Å². The summed E-state index contributed by atoms with van der Waals surface area (Å²) < 4.78 is 11.2. The maximum absolute atomic E-state index is 11.2. The molecule has 0 saturated heterocycles. The van der Waals surface area contributed by atoms with Gasteiger partial charge in [-0.05, 0) is 12.5 Å². The van der Waals surface area contributed by atoms with Gasteiger partial charge >= 0.3 is 0 Å². The Kier molecular flexibility index (Phi) is 3.63. The molecular weight excluding hydrogens is 182 g/mol. The van der Waals surface area contributed by atoms with Crippen molar-refractivity contribution < 1.29 is 4.21 Å². The Morgan fingerprint density at radius 1 is 1.31 bits per heavy atom. The predicted octanol–water partition coefficient (Wildman–Crippen LogP) is 1.45. The molecule has 3 atom stereocenters. The monoisotopic (exact) mass is 197 g/mol. The molecule has 0 aromatic heterocycles. The van der Waals surface area contributed by atoms with Crippen molar-refractivity contribution >= 4 is 10.8 Å². The van der Waals surface area contributed by atoms with E-state index in [-0.39, 0.29) is 11.3 Å². The number of nitrogens with two attached hydrogens (primary N) is 1. The fourth-order valence-corrected chi connectivity index (χ4v) is 1.72. The number of rotatable bonds is 3. The minimum atomic E-state index is -0.866. The van der Waals surface area contributed by atoms with E-state index in [9.17, 15) is 4.21 Å². The van der Waals surface area contributed by atoms with Crippen molar-refractivity contribution in [1.29, 1.82) is 0 Å². The zero-order valence-electron chi connectivity index (χ0n) is 7.94. The fourth-order valence-electron chi connectivity index (χ4n) is 1.15. The van der Waals surface area contributed by atoms with Crippen LogP contribution in [0.15, 0.2) is 30.3 Å². The molecule has 2 N–H and O–H groups in total. The van der Waals surface area contributed by atoms with Crippen molar-refractivity contribution in [2.75, 3.05) is 6.26 Å². The standard InChI is InChI=1S/C10H15NOS/c1-8(13(2)12)10(11)9-6-4-3-5-7-9/h3-8,10H,11H2,1-2H3. The molecule has 0 radical (unpaired) electrons. The topological polar surface area (TPSA) is 43.1 Å². The van der Waals surface area contributed by atoms with Crippen LogP contribution in [0.3, 0.4) is 0 Å². The molecule has 72 valence electrons. The van der Waals surface area contributed by atoms with Gasteiger partial charge in [0.2, 0.25) is 0 Å². The quantitative estimate of drug-likeness (QED) is 0.797. The van der Waals surface area contributed by atoms with E-state index in [0.29, 0.717) is 0 Å². The van der Waals surface area contributed by atoms with Crippen LogP contribution in [0.2, 0.25) is 0 Å². The first kappa shape index (κ1) is 10.4. The first-order valence-corrected chi connectivity index (χ1v) is 5.88. The second-order valence-corrected chi connectivity index (χ2v) is 4.88. The summed E-state index contributed by atoms with van der Waals surface area (Å²) in [6.07, 6.45) is 1.69. The van der Waals surface area contributed by atoms with Crippen molar-refractivity contribution in [3.63, 3.8) is 0 Å². The predicted molar refractivity (Wildman–Crippen MR) is 56.9 cm³/mol. The summed E-state index contributed by atoms with van der Waals surface area (Å²) in [5, 5.41) is 0.00222. The molecule has 0 fully saturated rings. The van der Waals surface area contributed by atoms with Crippen molar-refractivity contribution in [1.82, 2.24) is 0 Å². The molecule has 0 aliphatic carbocycles. The average molecular weight is 197 g/mol. The van der Waals surface area contributed by atoms with Crippen LogP contribution in [0.5, 0.6) is 0 Å². The van der Waals surface area contributed by atoms with Crippen molar-refractivity contribution in [2.45, 2.75) is 18.2 Å². The summed E-state index contributed by atoms with van der Waals surface area (Å²) in [5.41, 5.74) is 6.99. The third-order valence-electron chi connectivity index (χ3n) is 2.21. The van der Waals surface area contributed by atoms with Gasteiger partial charge in [-0.1, -0.05) is 30.3 Å². The van der Waals surface area contributed by atoms with Crippen LogP contribution in [0.25, 0.3) is 0 Å². The molecule has 0 spiro atoms. The second-order valence-electron chi connectivity index (χ2n) is 3.14. The third-order valence-corrected chi connectivity index (χ3v) is 3.55. The van der Waals surface area contributed by atoms with Gasteiger partial charge in [0.15, 0.2) is 0 Å². The molecule has 0 aliphatic rings. The Morgan fingerprint density at radius 2 is 1.85 bits per heavy atom. The molecular formula is C10H15NOS. The fraction of sp³-hybridized carbons (Fsp3) is 0.400. The van der Waals surface area contributed by atoms with E-state index in [1.54, 1.807) is 6.26 Å². The van der Waals surface area contributed by atoms with Gasteiger partial charge in [0.1, 0.15) is 0 Å². The van der Waals surface area contributed by atoms with Gasteiger partial charge in [-0.3, -0.25) is 4.21 Å². The van der Waals surface area contributed by atoms with E-state index >= 15 is 0 Å². The Hall–Kier alpha value is -0.670. The third kappa shape index (κ3) is 2.64. The molecule has 3 unspecified atom stereocenters. The maximum Gasteiger partial charge on any atom is 0.0509 e. The number of hydrogen-bond donors (Lipinski definition) is 1. The maximum atomic E-state index is 11.2. The number of hydrogen-bond acceptors (Lipinski definition) is 2. The highest BCUT2D eigenvalue weighted by Gasteiger charge is 2.17. The molecule has 0 amide bonds. The lowest BCUT2D eigenvalue weighted by atomic mass is 10.1. The molecule has 3 heteroatoms. The first-order valence-electron chi connectivity index (χ1n) is 4.25. The zero-order chi connectivity index (χ0) is 9.84. The molecule has 0 aliphatic heterocycles. The van der Waals surface area contributed by atoms with Crippen LogP contribution in [-0.2, 0) is 10.8 Å². The van der Waals surface area contributed by atoms with E-state index in [1.807, 2.05) is 37.3 Å². The van der Waals surface area contributed by atoms with Gasteiger partial charge in [-0.25, -0.2) is 0 Å². The van der Waals surface area contributed by atoms with Crippen LogP contribution in [0, 0.1) is 0 Å². The van der Waals surface area contributed by atoms with E-state index < -0.39 is 10.8 Å². The number of benzene rings is 1. The molecule has 1 aromatic carbocycles. The Bertz CT molecular complexity index is 286. The van der Waals surface area contributed by atoms with E-state index in [1.165, 1.54) is 0 Å². The van der Waals surface area contributed by atoms with Crippen LogP contribution in [0.1, 0.15) is 18.5 Å². The lowest BCUT2D eigenvalue weighted by Crippen LogP contribution is -2.26. The summed E-state index contributed by atoms with van der Waals surface area (Å²) in [6, 6.07) is 9.64. The highest BCUT2D eigenvalue weighted by Crippen LogP contribution is 2.16. The van der Waals surface area contributed by atoms with Gasteiger partial charge in [-0.2, -0.15) is 0 Å². The highest BCUT2D eigenvalue weighted by atomic mass is 32.2. The second kappa shape index (κ2) is 4.53. The molecule has 13 heavy (non-hydrogen) atoms. The summed E-state index contributed by atoms with van der Waals surface area (Å²) in [5.74, 6) is 0. The molecule has 0 saturated carbocycles. The smallest absolute Gasteiger partial charge is 0.0509 e. The van der Waals surface area contributed by atoms with Crippen LogP contribution < -0.4 is 5.73 Å². The van der Waals surface area contributed by atoms with Crippen molar-refractivity contribution in [2.24, 2.45) is 5.73 Å². The normalized spacial score (nSPS) is 17.8. The average Bonchev–Trinajstić information content (AvgIpc) is 2.17. The van der Waals surface area contributed by atoms with E-state index in [2.05, 4.69) is 0 Å². The van der Waals surface area contributed by atoms with Gasteiger partial charge in [-0.15, -0.1) is 0 Å². The Balaban J connectivity index is 2.79. The summed E-state index contributed by atoms with van der Waals surface area (Å²) >= 11 is 0. The molecule has 1 aromatic rings. The van der Waals surface area contributed by atoms with Gasteiger partial charge in [0.25, 0.3) is 0 Å². The van der Waals surface area contributed by atoms with Crippen molar-refractivity contribution in [3.8, 4) is 0 Å². The SMILES string of the molecule is CC(C(N)c1ccccc1)S(C)=O. The largest absolute Gasteiger partial charge is 0.323 e. The van der Waals surface area contributed by atoms with Gasteiger partial charge in [0, 0.05) is 23.1 Å². The summed E-state index contributed by atoms with van der Waals surface area (Å²) in [7, 11) is -0.866. The first-order chi connectivity index (χ1) is 6.13. The summed E-state index contributed by atoms with van der Waals surface area (Å²) in [4.78, 5) is 0. The summed E-state index contributed by atoms with van der Waals surface area (Å²) in [6.45, 7) is 1.91.